The van der Waals surface area contributed by atoms with Crippen molar-refractivity contribution in [2.75, 3.05) is 14.2 Å². The predicted octanol–water partition coefficient (Wildman–Crippen LogP) is 0.601. The third-order valence-corrected chi connectivity index (χ3v) is 2.01. The molecule has 0 bridgehead atoms. The van der Waals surface area contributed by atoms with Gasteiger partial charge in [-0.3, -0.25) is 4.79 Å². The van der Waals surface area contributed by atoms with Gasteiger partial charge in [-0.1, -0.05) is 13.5 Å². The van der Waals surface area contributed by atoms with Gasteiger partial charge < -0.3 is 14.2 Å². The molecule has 17 heavy (non-hydrogen) atoms. The Morgan fingerprint density at radius 1 is 1.18 bits per heavy atom. The lowest BCUT2D eigenvalue weighted by Crippen LogP contribution is -2.31. The van der Waals surface area contributed by atoms with Crippen molar-refractivity contribution in [1.29, 1.82) is 0 Å². The van der Waals surface area contributed by atoms with Gasteiger partial charge in [-0.05, 0) is 6.42 Å². The fraction of sp³-hybridized carbons (Fsp3) is 0.545. The zero-order chi connectivity index (χ0) is 13.4. The lowest BCUT2D eigenvalue weighted by molar-refractivity contribution is -0.167. The van der Waals surface area contributed by atoms with Gasteiger partial charge in [0.1, 0.15) is 0 Å². The molecule has 0 aromatic heterocycles. The van der Waals surface area contributed by atoms with Crippen molar-refractivity contribution in [2.45, 2.75) is 25.9 Å². The predicted molar refractivity (Wildman–Crippen MR) is 58.0 cm³/mol. The molecule has 0 aliphatic carbocycles. The van der Waals surface area contributed by atoms with Crippen molar-refractivity contribution in [1.82, 2.24) is 0 Å². The molecule has 96 valence electrons. The van der Waals surface area contributed by atoms with E-state index in [4.69, 9.17) is 4.74 Å². The molecule has 0 spiro atoms. The first-order valence-electron chi connectivity index (χ1n) is 4.99. The zero-order valence-electron chi connectivity index (χ0n) is 10.1. The third-order valence-electron chi connectivity index (χ3n) is 2.01. The second kappa shape index (κ2) is 7.43. The summed E-state index contributed by atoms with van der Waals surface area (Å²) in [5.74, 6) is -2.21. The number of hydrogen-bond donors (Lipinski definition) is 0. The highest BCUT2D eigenvalue weighted by Gasteiger charge is 2.27. The van der Waals surface area contributed by atoms with Gasteiger partial charge in [-0.15, -0.1) is 0 Å². The summed E-state index contributed by atoms with van der Waals surface area (Å²) in [6.07, 6.45) is -1.29. The van der Waals surface area contributed by atoms with Crippen LogP contribution in [0.3, 0.4) is 0 Å². The van der Waals surface area contributed by atoms with E-state index < -0.39 is 24.0 Å². The van der Waals surface area contributed by atoms with E-state index in [9.17, 15) is 14.4 Å². The Morgan fingerprint density at radius 2 is 1.76 bits per heavy atom. The van der Waals surface area contributed by atoms with Crippen LogP contribution in [0.15, 0.2) is 12.2 Å². The first kappa shape index (κ1) is 15.2. The van der Waals surface area contributed by atoms with E-state index in [2.05, 4.69) is 16.1 Å². The van der Waals surface area contributed by atoms with Crippen LogP contribution in [-0.2, 0) is 28.6 Å². The highest BCUT2D eigenvalue weighted by Crippen LogP contribution is 2.08. The molecule has 0 N–H and O–H groups in total. The second-order valence-corrected chi connectivity index (χ2v) is 3.15. The molecule has 0 heterocycles. The molecule has 0 saturated heterocycles. The van der Waals surface area contributed by atoms with Crippen LogP contribution in [0.1, 0.15) is 19.8 Å². The highest BCUT2D eigenvalue weighted by atomic mass is 16.6. The SMILES string of the molecule is C=C(CC)C(=O)OC(CC(=O)OC)C(=O)OC. The zero-order valence-corrected chi connectivity index (χ0v) is 10.1. The van der Waals surface area contributed by atoms with Gasteiger partial charge in [0.25, 0.3) is 0 Å². The van der Waals surface area contributed by atoms with Gasteiger partial charge >= 0.3 is 17.9 Å². The van der Waals surface area contributed by atoms with Crippen molar-refractivity contribution in [3.05, 3.63) is 12.2 Å². The summed E-state index contributed by atoms with van der Waals surface area (Å²) in [6.45, 7) is 5.19. The van der Waals surface area contributed by atoms with E-state index in [0.29, 0.717) is 6.42 Å². The molecular weight excluding hydrogens is 228 g/mol. The number of methoxy groups -OCH3 is 2. The van der Waals surface area contributed by atoms with Gasteiger partial charge in [0.2, 0.25) is 6.10 Å². The number of hydrogen-bond acceptors (Lipinski definition) is 6. The van der Waals surface area contributed by atoms with Crippen LogP contribution in [0.5, 0.6) is 0 Å². The van der Waals surface area contributed by atoms with E-state index in [1.807, 2.05) is 0 Å². The molecule has 6 heteroatoms. The summed E-state index contributed by atoms with van der Waals surface area (Å²) in [5, 5.41) is 0. The van der Waals surface area contributed by atoms with Crippen LogP contribution in [-0.4, -0.2) is 38.2 Å². The average Bonchev–Trinajstić information content (AvgIpc) is 2.35. The molecule has 6 nitrogen and oxygen atoms in total. The Kier molecular flexibility index (Phi) is 6.62. The Balaban J connectivity index is 4.60. The largest absolute Gasteiger partial charge is 0.469 e. The molecule has 0 aliphatic rings. The summed E-state index contributed by atoms with van der Waals surface area (Å²) < 4.78 is 13.6. The standard InChI is InChI=1S/C11H16O6/c1-5-7(2)10(13)17-8(11(14)16-4)6-9(12)15-3/h8H,2,5-6H2,1,3-4H3. The van der Waals surface area contributed by atoms with E-state index in [0.717, 1.165) is 7.11 Å². The summed E-state index contributed by atoms with van der Waals surface area (Å²) in [6, 6.07) is 0. The Hall–Kier alpha value is -1.85. The van der Waals surface area contributed by atoms with Gasteiger partial charge in [0.05, 0.1) is 20.6 Å². The molecule has 0 amide bonds. The van der Waals surface area contributed by atoms with E-state index in [1.165, 1.54) is 7.11 Å². The van der Waals surface area contributed by atoms with Crippen LogP contribution >= 0.6 is 0 Å². The number of rotatable bonds is 6. The molecule has 0 fully saturated rings. The van der Waals surface area contributed by atoms with Crippen LogP contribution < -0.4 is 0 Å². The molecule has 0 radical (unpaired) electrons. The molecular formula is C11H16O6. The summed E-state index contributed by atoms with van der Waals surface area (Å²) in [7, 11) is 2.30. The van der Waals surface area contributed by atoms with Crippen molar-refractivity contribution in [3.63, 3.8) is 0 Å². The molecule has 0 rings (SSSR count). The summed E-state index contributed by atoms with van der Waals surface area (Å²) in [5.41, 5.74) is 0.212. The molecule has 0 aliphatic heterocycles. The third kappa shape index (κ3) is 5.14. The monoisotopic (exact) mass is 244 g/mol. The van der Waals surface area contributed by atoms with Crippen molar-refractivity contribution >= 4 is 17.9 Å². The topological polar surface area (TPSA) is 78.9 Å². The van der Waals surface area contributed by atoms with Gasteiger partial charge in [-0.2, -0.15) is 0 Å². The maximum absolute atomic E-state index is 11.4. The molecule has 0 aromatic carbocycles. The minimum atomic E-state index is -1.30. The average molecular weight is 244 g/mol. The minimum Gasteiger partial charge on any atom is -0.469 e. The molecule has 1 unspecified atom stereocenters. The van der Waals surface area contributed by atoms with Crippen molar-refractivity contribution < 1.29 is 28.6 Å². The highest BCUT2D eigenvalue weighted by molar-refractivity contribution is 5.91. The first-order valence-corrected chi connectivity index (χ1v) is 4.99. The second-order valence-electron chi connectivity index (χ2n) is 3.15. The first-order chi connectivity index (χ1) is 7.96. The van der Waals surface area contributed by atoms with Gasteiger partial charge in [-0.25, -0.2) is 9.59 Å². The Labute approximate surface area is 99.5 Å². The minimum absolute atomic E-state index is 0.212. The van der Waals surface area contributed by atoms with Crippen LogP contribution in [0.4, 0.5) is 0 Å². The summed E-state index contributed by atoms with van der Waals surface area (Å²) >= 11 is 0. The molecule has 0 aromatic rings. The fourth-order valence-corrected chi connectivity index (χ4v) is 0.896. The lowest BCUT2D eigenvalue weighted by Gasteiger charge is -2.14. The van der Waals surface area contributed by atoms with Crippen LogP contribution in [0.2, 0.25) is 0 Å². The van der Waals surface area contributed by atoms with Crippen molar-refractivity contribution in [3.8, 4) is 0 Å². The van der Waals surface area contributed by atoms with E-state index in [1.54, 1.807) is 6.92 Å². The normalized spacial score (nSPS) is 11.2. The maximum atomic E-state index is 11.4. The molecule has 1 atom stereocenters. The quantitative estimate of drug-likeness (QED) is 0.387. The Morgan fingerprint density at radius 3 is 2.18 bits per heavy atom. The molecule has 0 saturated carbocycles. The fourth-order valence-electron chi connectivity index (χ4n) is 0.896. The maximum Gasteiger partial charge on any atom is 0.347 e. The smallest absolute Gasteiger partial charge is 0.347 e. The van der Waals surface area contributed by atoms with E-state index >= 15 is 0 Å². The van der Waals surface area contributed by atoms with E-state index in [-0.39, 0.29) is 12.0 Å². The van der Waals surface area contributed by atoms with Crippen LogP contribution in [0.25, 0.3) is 0 Å². The van der Waals surface area contributed by atoms with Gasteiger partial charge in [0.15, 0.2) is 0 Å². The summed E-state index contributed by atoms with van der Waals surface area (Å²) in [4.78, 5) is 33.7. The lowest BCUT2D eigenvalue weighted by atomic mass is 10.2. The van der Waals surface area contributed by atoms with Gasteiger partial charge in [0, 0.05) is 5.57 Å². The number of ether oxygens (including phenoxy) is 3. The number of carbonyl (C=O) groups excluding carboxylic acids is 3. The van der Waals surface area contributed by atoms with Crippen LogP contribution in [0, 0.1) is 0 Å². The van der Waals surface area contributed by atoms with Crippen molar-refractivity contribution in [2.24, 2.45) is 0 Å². The number of carbonyl (C=O) groups is 3. The Bertz CT molecular complexity index is 320. The number of esters is 3.